The van der Waals surface area contributed by atoms with Gasteiger partial charge in [0, 0.05) is 22.3 Å². The van der Waals surface area contributed by atoms with Crippen LogP contribution in [0.5, 0.6) is 5.75 Å². The number of aromatic nitrogens is 3. The number of halogens is 1. The van der Waals surface area contributed by atoms with Crippen molar-refractivity contribution < 1.29 is 9.53 Å². The zero-order valence-corrected chi connectivity index (χ0v) is 18.7. The van der Waals surface area contributed by atoms with E-state index in [1.807, 2.05) is 37.3 Å². The van der Waals surface area contributed by atoms with Gasteiger partial charge in [0.25, 0.3) is 5.91 Å². The third kappa shape index (κ3) is 4.52. The molecule has 2 heterocycles. The van der Waals surface area contributed by atoms with Crippen molar-refractivity contribution in [1.29, 1.82) is 0 Å². The Morgan fingerprint density at radius 2 is 1.85 bits per heavy atom. The van der Waals surface area contributed by atoms with Crippen molar-refractivity contribution in [1.82, 2.24) is 15.0 Å². The maximum absolute atomic E-state index is 12.6. The first kappa shape index (κ1) is 21.9. The number of nitrogens with zero attached hydrogens (tertiary/aromatic N) is 2. The summed E-state index contributed by atoms with van der Waals surface area (Å²) < 4.78 is 5.19. The number of hydrogen-bond acceptors (Lipinski definition) is 5. The average Bonchev–Trinajstić information content (AvgIpc) is 3.19. The molecule has 2 aromatic heterocycles. The Bertz CT molecular complexity index is 1420. The van der Waals surface area contributed by atoms with Gasteiger partial charge < -0.3 is 21.2 Å². The molecule has 0 fully saturated rings. The normalized spacial score (nSPS) is 10.4. The van der Waals surface area contributed by atoms with Crippen LogP contribution < -0.4 is 16.2 Å². The number of carbonyl (C=O) groups is 1. The lowest BCUT2D eigenvalue weighted by molar-refractivity contribution is 0.100. The molecule has 1 amide bonds. The maximum atomic E-state index is 12.6. The van der Waals surface area contributed by atoms with E-state index in [4.69, 9.17) is 27.8 Å². The highest BCUT2D eigenvalue weighted by atomic mass is 35.5. The van der Waals surface area contributed by atoms with Gasteiger partial charge in [0.05, 0.1) is 35.3 Å². The monoisotopic (exact) mass is 457 g/mol. The van der Waals surface area contributed by atoms with Crippen LogP contribution in [0.2, 0.25) is 5.02 Å². The summed E-state index contributed by atoms with van der Waals surface area (Å²) in [6.45, 7) is 1.92. The van der Waals surface area contributed by atoms with Crippen molar-refractivity contribution in [3.05, 3.63) is 82.0 Å². The Morgan fingerprint density at radius 1 is 1.09 bits per heavy atom. The number of amides is 1. The van der Waals surface area contributed by atoms with Gasteiger partial charge in [-0.05, 0) is 55.0 Å². The molecule has 4 rings (SSSR count). The highest BCUT2D eigenvalue weighted by molar-refractivity contribution is 6.31. The van der Waals surface area contributed by atoms with Gasteiger partial charge in [0.2, 0.25) is 5.95 Å². The first-order valence-electron chi connectivity index (χ1n) is 9.94. The summed E-state index contributed by atoms with van der Waals surface area (Å²) in [6, 6.07) is 14.4. The van der Waals surface area contributed by atoms with Crippen LogP contribution in [0.25, 0.3) is 22.6 Å². The fourth-order valence-electron chi connectivity index (χ4n) is 3.45. The van der Waals surface area contributed by atoms with E-state index in [0.717, 1.165) is 22.4 Å². The first-order valence-corrected chi connectivity index (χ1v) is 10.3. The van der Waals surface area contributed by atoms with Crippen molar-refractivity contribution in [2.75, 3.05) is 12.8 Å². The zero-order chi connectivity index (χ0) is 23.5. The third-order valence-corrected chi connectivity index (χ3v) is 5.30. The van der Waals surface area contributed by atoms with Gasteiger partial charge in [-0.2, -0.15) is 0 Å². The predicted octanol–water partition coefficient (Wildman–Crippen LogP) is 4.19. The topological polar surface area (TPSA) is 120 Å². The summed E-state index contributed by atoms with van der Waals surface area (Å²) in [6.07, 6.45) is 1.54. The van der Waals surface area contributed by atoms with Crippen molar-refractivity contribution >= 4 is 23.5 Å². The van der Waals surface area contributed by atoms with Crippen LogP contribution in [0.4, 0.5) is 5.95 Å². The SMILES string of the molecule is COc1ccc(C#Cc2c(-c3ccnc(N)n3)[nH]c(-c3cc(Cl)ccc3C)c2C(N)=O)cc1. The number of aryl methyl sites for hydroxylation is 1. The summed E-state index contributed by atoms with van der Waals surface area (Å²) in [5.41, 5.74) is 16.2. The zero-order valence-electron chi connectivity index (χ0n) is 17.9. The highest BCUT2D eigenvalue weighted by Gasteiger charge is 2.24. The molecule has 0 saturated heterocycles. The number of ether oxygens (including phenoxy) is 1. The number of primary amides is 1. The second-order valence-electron chi connectivity index (χ2n) is 7.23. The molecule has 8 heteroatoms. The van der Waals surface area contributed by atoms with Gasteiger partial charge in [-0.1, -0.05) is 29.5 Å². The van der Waals surface area contributed by atoms with E-state index < -0.39 is 5.91 Å². The first-order chi connectivity index (χ1) is 15.9. The van der Waals surface area contributed by atoms with Crippen LogP contribution in [-0.2, 0) is 0 Å². The molecule has 0 aliphatic carbocycles. The summed E-state index contributed by atoms with van der Waals surface area (Å²) in [4.78, 5) is 24.2. The molecular formula is C25H20ClN5O2. The van der Waals surface area contributed by atoms with Crippen LogP contribution in [0.15, 0.2) is 54.7 Å². The fourth-order valence-corrected chi connectivity index (χ4v) is 3.62. The molecule has 0 saturated carbocycles. The van der Waals surface area contributed by atoms with E-state index in [2.05, 4.69) is 26.8 Å². The van der Waals surface area contributed by atoms with Gasteiger partial charge in [0.15, 0.2) is 0 Å². The molecule has 4 aromatic rings. The minimum absolute atomic E-state index is 0.0947. The molecular weight excluding hydrogens is 438 g/mol. The highest BCUT2D eigenvalue weighted by Crippen LogP contribution is 2.35. The van der Waals surface area contributed by atoms with Gasteiger partial charge in [0.1, 0.15) is 5.75 Å². The largest absolute Gasteiger partial charge is 0.497 e. The number of nitrogen functional groups attached to an aromatic ring is 1. The molecule has 0 bridgehead atoms. The predicted molar refractivity (Wildman–Crippen MR) is 129 cm³/mol. The van der Waals surface area contributed by atoms with E-state index in [1.165, 1.54) is 6.20 Å². The summed E-state index contributed by atoms with van der Waals surface area (Å²) in [5, 5.41) is 0.527. The van der Waals surface area contributed by atoms with Gasteiger partial charge in [-0.15, -0.1) is 0 Å². The lowest BCUT2D eigenvalue weighted by atomic mass is 9.99. The number of nitrogens with two attached hydrogens (primary N) is 2. The number of methoxy groups -OCH3 is 1. The van der Waals surface area contributed by atoms with Crippen LogP contribution in [0, 0.1) is 18.8 Å². The Hall–Kier alpha value is -4.28. The molecule has 0 unspecified atom stereocenters. The van der Waals surface area contributed by atoms with E-state index in [1.54, 1.807) is 25.3 Å². The Morgan fingerprint density at radius 3 is 2.52 bits per heavy atom. The van der Waals surface area contributed by atoms with Gasteiger partial charge in [-0.3, -0.25) is 4.79 Å². The van der Waals surface area contributed by atoms with E-state index in [-0.39, 0.29) is 11.5 Å². The number of rotatable bonds is 4. The van der Waals surface area contributed by atoms with Crippen molar-refractivity contribution in [2.45, 2.75) is 6.92 Å². The Labute approximate surface area is 195 Å². The summed E-state index contributed by atoms with van der Waals surface area (Å²) >= 11 is 6.24. The molecule has 2 aromatic carbocycles. The molecule has 5 N–H and O–H groups in total. The van der Waals surface area contributed by atoms with Crippen molar-refractivity contribution in [2.24, 2.45) is 5.73 Å². The number of H-pyrrole nitrogens is 1. The standard InChI is InChI=1S/C25H20ClN5O2/c1-14-3-7-16(26)13-19(14)23-21(24(27)32)18(10-6-15-4-8-17(33-2)9-5-15)22(31-23)20-11-12-29-25(28)30-20/h3-5,7-9,11-13,31H,1-2H3,(H2,27,32)(H2,28,29,30). The third-order valence-electron chi connectivity index (χ3n) is 5.07. The minimum Gasteiger partial charge on any atom is -0.497 e. The quantitative estimate of drug-likeness (QED) is 0.397. The second kappa shape index (κ2) is 9.07. The number of nitrogens with one attached hydrogen (secondary N) is 1. The molecule has 164 valence electrons. The number of hydrogen-bond donors (Lipinski definition) is 3. The van der Waals surface area contributed by atoms with Crippen LogP contribution in [-0.4, -0.2) is 28.0 Å². The fraction of sp³-hybridized carbons (Fsp3) is 0.0800. The number of anilines is 1. The molecule has 0 radical (unpaired) electrons. The molecule has 0 atom stereocenters. The lowest BCUT2D eigenvalue weighted by Gasteiger charge is -2.06. The lowest BCUT2D eigenvalue weighted by Crippen LogP contribution is -2.13. The van der Waals surface area contributed by atoms with Crippen molar-refractivity contribution in [3.63, 3.8) is 0 Å². The average molecular weight is 458 g/mol. The van der Waals surface area contributed by atoms with Crippen LogP contribution in [0.3, 0.4) is 0 Å². The van der Waals surface area contributed by atoms with Crippen LogP contribution in [0.1, 0.15) is 27.0 Å². The maximum Gasteiger partial charge on any atom is 0.252 e. The minimum atomic E-state index is -0.632. The van der Waals surface area contributed by atoms with E-state index in [9.17, 15) is 4.79 Å². The molecule has 0 spiro atoms. The molecule has 0 aliphatic heterocycles. The van der Waals surface area contributed by atoms with E-state index in [0.29, 0.717) is 27.7 Å². The molecule has 7 nitrogen and oxygen atoms in total. The Balaban J connectivity index is 1.98. The number of benzene rings is 2. The smallest absolute Gasteiger partial charge is 0.252 e. The number of carbonyl (C=O) groups excluding carboxylic acids is 1. The summed E-state index contributed by atoms with van der Waals surface area (Å²) in [7, 11) is 1.60. The van der Waals surface area contributed by atoms with E-state index >= 15 is 0 Å². The molecule has 33 heavy (non-hydrogen) atoms. The van der Waals surface area contributed by atoms with Crippen LogP contribution >= 0.6 is 11.6 Å². The second-order valence-corrected chi connectivity index (χ2v) is 7.66. The molecule has 0 aliphatic rings. The van der Waals surface area contributed by atoms with Crippen molar-refractivity contribution in [3.8, 4) is 40.2 Å². The van der Waals surface area contributed by atoms with Gasteiger partial charge in [-0.25, -0.2) is 9.97 Å². The Kier molecular flexibility index (Phi) is 6.03. The van der Waals surface area contributed by atoms with Gasteiger partial charge >= 0.3 is 0 Å². The number of aromatic amines is 1. The summed E-state index contributed by atoms with van der Waals surface area (Å²) in [5.74, 6) is 6.37.